The standard InChI is InChI=1S/C28H31F4N7O/c1-18-14-21(26(40)34-17-28(30,31)32)16-33-25(18)38-12-10-37(11-13-38)24-15-23(20-5-7-22(29)8-6-20)35-27(36-24)39-9-3-4-19(39)2/h5-8,14-16,19H,3-4,9-13,17H2,1-2H3,(H,34,40). The summed E-state index contributed by atoms with van der Waals surface area (Å²) < 4.78 is 50.9. The molecule has 0 radical (unpaired) electrons. The average Bonchev–Trinajstić information content (AvgIpc) is 3.37. The second-order valence-corrected chi connectivity index (χ2v) is 10.2. The Kier molecular flexibility index (Phi) is 7.77. The van der Waals surface area contributed by atoms with Crippen LogP contribution in [0.4, 0.5) is 35.1 Å². The van der Waals surface area contributed by atoms with Gasteiger partial charge in [-0.25, -0.2) is 14.4 Å². The molecule has 2 saturated heterocycles. The number of amides is 1. The fourth-order valence-electron chi connectivity index (χ4n) is 5.16. The number of halogens is 4. The molecule has 1 unspecified atom stereocenters. The van der Waals surface area contributed by atoms with E-state index in [1.807, 2.05) is 11.4 Å². The Morgan fingerprint density at radius 2 is 1.73 bits per heavy atom. The molecule has 3 aromatic rings. The molecule has 212 valence electrons. The number of aryl methyl sites for hydroxylation is 1. The molecule has 2 aliphatic rings. The van der Waals surface area contributed by atoms with Gasteiger partial charge in [0.25, 0.3) is 5.91 Å². The van der Waals surface area contributed by atoms with E-state index in [0.29, 0.717) is 49.6 Å². The molecule has 0 spiro atoms. The highest BCUT2D eigenvalue weighted by molar-refractivity contribution is 5.94. The lowest BCUT2D eigenvalue weighted by atomic mass is 10.1. The third-order valence-corrected chi connectivity index (χ3v) is 7.32. The van der Waals surface area contributed by atoms with Crippen LogP contribution in [0.2, 0.25) is 0 Å². The van der Waals surface area contributed by atoms with E-state index in [-0.39, 0.29) is 11.4 Å². The summed E-state index contributed by atoms with van der Waals surface area (Å²) in [5.41, 5.74) is 2.34. The highest BCUT2D eigenvalue weighted by Crippen LogP contribution is 2.30. The largest absolute Gasteiger partial charge is 0.405 e. The first-order valence-electron chi connectivity index (χ1n) is 13.3. The van der Waals surface area contributed by atoms with Crippen molar-refractivity contribution in [1.29, 1.82) is 0 Å². The van der Waals surface area contributed by atoms with Crippen LogP contribution in [0, 0.1) is 12.7 Å². The molecular formula is C28H31F4N7O. The van der Waals surface area contributed by atoms with Gasteiger partial charge in [0.1, 0.15) is 24.0 Å². The van der Waals surface area contributed by atoms with Crippen LogP contribution in [-0.4, -0.2) is 72.3 Å². The second kappa shape index (κ2) is 11.3. The number of benzene rings is 1. The molecule has 12 heteroatoms. The number of nitrogens with zero attached hydrogens (tertiary/aromatic N) is 6. The number of nitrogens with one attached hydrogen (secondary N) is 1. The van der Waals surface area contributed by atoms with Gasteiger partial charge in [0.2, 0.25) is 5.95 Å². The molecular weight excluding hydrogens is 526 g/mol. The summed E-state index contributed by atoms with van der Waals surface area (Å²) >= 11 is 0. The van der Waals surface area contributed by atoms with Gasteiger partial charge in [0.15, 0.2) is 0 Å². The Morgan fingerprint density at radius 3 is 2.35 bits per heavy atom. The van der Waals surface area contributed by atoms with E-state index < -0.39 is 18.6 Å². The maximum absolute atomic E-state index is 13.6. The molecule has 1 amide bonds. The van der Waals surface area contributed by atoms with E-state index in [4.69, 9.17) is 9.97 Å². The molecule has 40 heavy (non-hydrogen) atoms. The summed E-state index contributed by atoms with van der Waals surface area (Å²) in [6.45, 7) is 6.04. The van der Waals surface area contributed by atoms with Crippen LogP contribution in [0.25, 0.3) is 11.3 Å². The van der Waals surface area contributed by atoms with E-state index >= 15 is 0 Å². The van der Waals surface area contributed by atoms with Gasteiger partial charge in [-0.15, -0.1) is 0 Å². The number of piperazine rings is 1. The minimum atomic E-state index is -4.48. The van der Waals surface area contributed by atoms with Crippen molar-refractivity contribution in [2.24, 2.45) is 0 Å². The smallest absolute Gasteiger partial charge is 0.353 e. The third-order valence-electron chi connectivity index (χ3n) is 7.32. The summed E-state index contributed by atoms with van der Waals surface area (Å²) in [7, 11) is 0. The van der Waals surface area contributed by atoms with Gasteiger partial charge in [-0.1, -0.05) is 0 Å². The number of hydrogen-bond donors (Lipinski definition) is 1. The zero-order valence-electron chi connectivity index (χ0n) is 22.4. The van der Waals surface area contributed by atoms with E-state index in [2.05, 4.69) is 26.6 Å². The highest BCUT2D eigenvalue weighted by atomic mass is 19.4. The molecule has 2 fully saturated rings. The van der Waals surface area contributed by atoms with Crippen LogP contribution < -0.4 is 20.0 Å². The Balaban J connectivity index is 1.32. The van der Waals surface area contributed by atoms with Gasteiger partial charge in [-0.2, -0.15) is 18.2 Å². The maximum Gasteiger partial charge on any atom is 0.405 e. The Morgan fingerprint density at radius 1 is 1.02 bits per heavy atom. The Labute approximate surface area is 230 Å². The molecule has 4 heterocycles. The first-order chi connectivity index (χ1) is 19.1. The van der Waals surface area contributed by atoms with E-state index in [9.17, 15) is 22.4 Å². The van der Waals surface area contributed by atoms with Gasteiger partial charge in [0.05, 0.1) is 11.3 Å². The third kappa shape index (κ3) is 6.26. The fourth-order valence-corrected chi connectivity index (χ4v) is 5.16. The molecule has 0 bridgehead atoms. The molecule has 5 rings (SSSR count). The molecule has 1 aromatic carbocycles. The SMILES string of the molecule is Cc1cc(C(=O)NCC(F)(F)F)cnc1N1CCN(c2cc(-c3ccc(F)cc3)nc(N3CCCC3C)n2)CC1. The van der Waals surface area contributed by atoms with Crippen molar-refractivity contribution in [2.75, 3.05) is 54.0 Å². The number of carbonyl (C=O) groups excluding carboxylic acids is 1. The summed E-state index contributed by atoms with van der Waals surface area (Å²) in [5.74, 6) is 1.04. The van der Waals surface area contributed by atoms with Crippen LogP contribution in [0.3, 0.4) is 0 Å². The van der Waals surface area contributed by atoms with Crippen molar-refractivity contribution in [3.63, 3.8) is 0 Å². The number of carbonyl (C=O) groups is 1. The van der Waals surface area contributed by atoms with E-state index in [1.165, 1.54) is 18.3 Å². The van der Waals surface area contributed by atoms with Crippen molar-refractivity contribution in [3.8, 4) is 11.3 Å². The molecule has 1 N–H and O–H groups in total. The van der Waals surface area contributed by atoms with E-state index in [1.54, 1.807) is 25.1 Å². The summed E-state index contributed by atoms with van der Waals surface area (Å²) in [4.78, 5) is 32.8. The number of aromatic nitrogens is 3. The molecule has 2 aliphatic heterocycles. The van der Waals surface area contributed by atoms with Gasteiger partial charge < -0.3 is 20.0 Å². The Hall–Kier alpha value is -3.96. The van der Waals surface area contributed by atoms with E-state index in [0.717, 1.165) is 36.5 Å². The second-order valence-electron chi connectivity index (χ2n) is 10.2. The van der Waals surface area contributed by atoms with Crippen molar-refractivity contribution in [2.45, 2.75) is 38.9 Å². The minimum Gasteiger partial charge on any atom is -0.353 e. The highest BCUT2D eigenvalue weighted by Gasteiger charge is 2.29. The van der Waals surface area contributed by atoms with Crippen LogP contribution in [0.5, 0.6) is 0 Å². The molecule has 2 aromatic heterocycles. The molecule has 0 saturated carbocycles. The lowest BCUT2D eigenvalue weighted by molar-refractivity contribution is -0.123. The van der Waals surface area contributed by atoms with Gasteiger partial charge >= 0.3 is 6.18 Å². The number of anilines is 3. The van der Waals surface area contributed by atoms with Gasteiger partial charge in [0, 0.05) is 56.6 Å². The summed E-state index contributed by atoms with van der Waals surface area (Å²) in [6, 6.07) is 10.1. The maximum atomic E-state index is 13.6. The van der Waals surface area contributed by atoms with Crippen LogP contribution >= 0.6 is 0 Å². The topological polar surface area (TPSA) is 77.5 Å². The molecule has 1 atom stereocenters. The van der Waals surface area contributed by atoms with Gasteiger partial charge in [-0.3, -0.25) is 4.79 Å². The average molecular weight is 558 g/mol. The van der Waals surface area contributed by atoms with Crippen LogP contribution in [0.15, 0.2) is 42.6 Å². The number of alkyl halides is 3. The number of hydrogen-bond acceptors (Lipinski definition) is 7. The Bertz CT molecular complexity index is 1360. The van der Waals surface area contributed by atoms with Crippen molar-refractivity contribution >= 4 is 23.5 Å². The quantitative estimate of drug-likeness (QED) is 0.444. The molecule has 0 aliphatic carbocycles. The van der Waals surface area contributed by atoms with Crippen molar-refractivity contribution in [1.82, 2.24) is 20.3 Å². The van der Waals surface area contributed by atoms with Crippen molar-refractivity contribution in [3.05, 3.63) is 59.5 Å². The summed E-state index contributed by atoms with van der Waals surface area (Å²) in [6.07, 6.45) is -1.01. The minimum absolute atomic E-state index is 0.0853. The van der Waals surface area contributed by atoms with Crippen LogP contribution in [-0.2, 0) is 0 Å². The lowest BCUT2D eigenvalue weighted by Gasteiger charge is -2.37. The zero-order valence-corrected chi connectivity index (χ0v) is 22.4. The first-order valence-corrected chi connectivity index (χ1v) is 13.3. The predicted molar refractivity (Wildman–Crippen MR) is 145 cm³/mol. The predicted octanol–water partition coefficient (Wildman–Crippen LogP) is 4.59. The summed E-state index contributed by atoms with van der Waals surface area (Å²) in [5, 5.41) is 1.88. The monoisotopic (exact) mass is 557 g/mol. The van der Waals surface area contributed by atoms with Crippen LogP contribution in [0.1, 0.15) is 35.7 Å². The number of rotatable bonds is 6. The fraction of sp³-hybridized carbons (Fsp3) is 0.429. The number of pyridine rings is 1. The lowest BCUT2D eigenvalue weighted by Crippen LogP contribution is -2.47. The van der Waals surface area contributed by atoms with Gasteiger partial charge in [-0.05, 0) is 62.6 Å². The molecule has 8 nitrogen and oxygen atoms in total. The van der Waals surface area contributed by atoms with Crippen molar-refractivity contribution < 1.29 is 22.4 Å². The normalized spacial score (nSPS) is 17.9. The zero-order chi connectivity index (χ0) is 28.4. The first kappa shape index (κ1) is 27.6.